The van der Waals surface area contributed by atoms with Crippen molar-refractivity contribution in [1.29, 1.82) is 0 Å². The number of unbranched alkanes of at least 4 members (excludes halogenated alkanes) is 3. The molecule has 0 atom stereocenters. The van der Waals surface area contributed by atoms with E-state index in [2.05, 4.69) is 41.5 Å². The zero-order valence-electron chi connectivity index (χ0n) is 10.2. The van der Waals surface area contributed by atoms with E-state index >= 15 is 0 Å². The van der Waals surface area contributed by atoms with E-state index in [1.54, 1.807) is 0 Å². The Morgan fingerprint density at radius 2 is 0.417 bits per heavy atom. The molecule has 0 N–H and O–H groups in total. The summed E-state index contributed by atoms with van der Waals surface area (Å²) in [4.78, 5) is 0. The first-order chi connectivity index (χ1) is 5.74. The van der Waals surface area contributed by atoms with E-state index < -0.39 is 0 Å². The highest BCUT2D eigenvalue weighted by Gasteiger charge is 1.57. The Bertz CT molecular complexity index is 15.5. The van der Waals surface area contributed by atoms with Crippen molar-refractivity contribution in [2.24, 2.45) is 0 Å². The Morgan fingerprint density at radius 1 is 0.333 bits per heavy atom. The van der Waals surface area contributed by atoms with Crippen LogP contribution in [0.4, 0.5) is 0 Å². The van der Waals surface area contributed by atoms with E-state index in [9.17, 15) is 0 Å². The summed E-state index contributed by atoms with van der Waals surface area (Å²) in [5.74, 6) is 0. The molecular weight excluding hydrogens is 144 g/mol. The largest absolute Gasteiger partial charge is 0.0654 e. The maximum atomic E-state index is 2.18. The first kappa shape index (κ1) is 17.9. The van der Waals surface area contributed by atoms with Gasteiger partial charge in [-0.15, -0.1) is 0 Å². The third kappa shape index (κ3) is 90.0. The fourth-order valence-corrected chi connectivity index (χ4v) is 0. The highest BCUT2D eigenvalue weighted by molar-refractivity contribution is 4.13. The van der Waals surface area contributed by atoms with E-state index in [1.165, 1.54) is 38.5 Å². The molecule has 0 unspecified atom stereocenters. The van der Waals surface area contributed by atoms with E-state index in [1.807, 2.05) is 0 Å². The summed E-state index contributed by atoms with van der Waals surface area (Å²) < 4.78 is 0. The van der Waals surface area contributed by atoms with Crippen molar-refractivity contribution in [1.82, 2.24) is 0 Å². The van der Waals surface area contributed by atoms with Crippen LogP contribution in [0, 0.1) is 0 Å². The van der Waals surface area contributed by atoms with Gasteiger partial charge in [0.15, 0.2) is 0 Å². The van der Waals surface area contributed by atoms with Crippen molar-refractivity contribution in [3.05, 3.63) is 0 Å². The molecule has 0 heteroatoms. The van der Waals surface area contributed by atoms with Crippen LogP contribution in [0.2, 0.25) is 0 Å². The minimum absolute atomic E-state index is 1.32. The summed E-state index contributed by atoms with van der Waals surface area (Å²) in [5, 5.41) is 0. The first-order valence-electron chi connectivity index (χ1n) is 5.74. The minimum Gasteiger partial charge on any atom is -0.0654 e. The normalized spacial score (nSPS) is 7.50. The average molecular weight is 174 g/mol. The molecule has 0 heterocycles. The van der Waals surface area contributed by atoms with Gasteiger partial charge in [0.25, 0.3) is 0 Å². The molecule has 0 aliphatic carbocycles. The van der Waals surface area contributed by atoms with Gasteiger partial charge in [-0.05, 0) is 0 Å². The molecule has 0 radical (unpaired) electrons. The van der Waals surface area contributed by atoms with Gasteiger partial charge >= 0.3 is 0 Å². The van der Waals surface area contributed by atoms with Gasteiger partial charge in [-0.2, -0.15) is 0 Å². The predicted octanol–water partition coefficient (Wildman–Crippen LogP) is 5.42. The quantitative estimate of drug-likeness (QED) is 0.536. The van der Waals surface area contributed by atoms with E-state index in [0.717, 1.165) is 0 Å². The molecule has 0 bridgehead atoms. The lowest BCUT2D eigenvalue weighted by molar-refractivity contribution is 0.886. The smallest absolute Gasteiger partial charge is 0.0564 e. The molecule has 78 valence electrons. The molecule has 0 fully saturated rings. The van der Waals surface area contributed by atoms with Crippen LogP contribution >= 0.6 is 0 Å². The Hall–Kier alpha value is 0. The molecule has 0 aliphatic rings. The molecule has 0 aromatic carbocycles. The van der Waals surface area contributed by atoms with Crippen molar-refractivity contribution in [3.8, 4) is 0 Å². The summed E-state index contributed by atoms with van der Waals surface area (Å²) in [6.07, 6.45) is 7.92. The van der Waals surface area contributed by atoms with Crippen molar-refractivity contribution in [3.63, 3.8) is 0 Å². The van der Waals surface area contributed by atoms with Crippen LogP contribution in [0.1, 0.15) is 80.1 Å². The molecule has 0 spiro atoms. The van der Waals surface area contributed by atoms with Crippen LogP contribution in [-0.2, 0) is 0 Å². The number of hydrogen-bond acceptors (Lipinski definition) is 0. The average Bonchev–Trinajstić information content (AvgIpc) is 2.18. The van der Waals surface area contributed by atoms with Crippen LogP contribution in [0.5, 0.6) is 0 Å². The lowest BCUT2D eigenvalue weighted by atomic mass is 10.4. The van der Waals surface area contributed by atoms with E-state index in [4.69, 9.17) is 0 Å². The van der Waals surface area contributed by atoms with Crippen LogP contribution in [0.3, 0.4) is 0 Å². The summed E-state index contributed by atoms with van der Waals surface area (Å²) in [6, 6.07) is 0. The molecule has 0 aliphatic heterocycles. The second kappa shape index (κ2) is 30.6. The molecule has 0 rings (SSSR count). The van der Waals surface area contributed by atoms with Gasteiger partial charge < -0.3 is 0 Å². The van der Waals surface area contributed by atoms with Gasteiger partial charge in [0.1, 0.15) is 0 Å². The van der Waals surface area contributed by atoms with Gasteiger partial charge in [-0.25, -0.2) is 0 Å². The van der Waals surface area contributed by atoms with Crippen LogP contribution in [-0.4, -0.2) is 0 Å². The minimum atomic E-state index is 1.32. The van der Waals surface area contributed by atoms with E-state index in [0.29, 0.717) is 0 Å². The third-order valence-corrected chi connectivity index (χ3v) is 1.50. The molecule has 12 heavy (non-hydrogen) atoms. The van der Waals surface area contributed by atoms with Gasteiger partial charge in [-0.3, -0.25) is 0 Å². The van der Waals surface area contributed by atoms with Crippen molar-refractivity contribution in [2.75, 3.05) is 0 Å². The van der Waals surface area contributed by atoms with Crippen LogP contribution < -0.4 is 0 Å². The SMILES string of the molecule is CCCC.CCCC.CCCC. The van der Waals surface area contributed by atoms with Gasteiger partial charge in [-0.1, -0.05) is 80.1 Å². The lowest BCUT2D eigenvalue weighted by Gasteiger charge is -1.68. The standard InChI is InChI=1S/3C4H10/c3*1-3-4-2/h3*3-4H2,1-2H3. The highest BCUT2D eigenvalue weighted by Crippen LogP contribution is 1.77. The fourth-order valence-electron chi connectivity index (χ4n) is 0. The van der Waals surface area contributed by atoms with Crippen molar-refractivity contribution < 1.29 is 0 Å². The maximum Gasteiger partial charge on any atom is -0.0564 e. The topological polar surface area (TPSA) is 0 Å². The predicted molar refractivity (Wildman–Crippen MR) is 61.7 cm³/mol. The van der Waals surface area contributed by atoms with Gasteiger partial charge in [0.2, 0.25) is 0 Å². The van der Waals surface area contributed by atoms with Gasteiger partial charge in [0, 0.05) is 0 Å². The monoisotopic (exact) mass is 174 g/mol. The molecular formula is C12H30. The summed E-state index contributed by atoms with van der Waals surface area (Å²) in [7, 11) is 0. The maximum absolute atomic E-state index is 2.18. The Kier molecular flexibility index (Phi) is 45.6. The van der Waals surface area contributed by atoms with Crippen LogP contribution in [0.25, 0.3) is 0 Å². The Morgan fingerprint density at radius 3 is 0.417 bits per heavy atom. The summed E-state index contributed by atoms with van der Waals surface area (Å²) in [5.41, 5.74) is 0. The number of hydrogen-bond donors (Lipinski definition) is 0. The first-order valence-corrected chi connectivity index (χ1v) is 5.74. The summed E-state index contributed by atoms with van der Waals surface area (Å²) >= 11 is 0. The Balaban J connectivity index is -0.000000101. The number of rotatable bonds is 3. The summed E-state index contributed by atoms with van der Waals surface area (Å²) in [6.45, 7) is 13.1. The van der Waals surface area contributed by atoms with Crippen molar-refractivity contribution in [2.45, 2.75) is 80.1 Å². The lowest BCUT2D eigenvalue weighted by Crippen LogP contribution is -1.47. The molecule has 0 aromatic heterocycles. The second-order valence-corrected chi connectivity index (χ2v) is 3.00. The second-order valence-electron chi connectivity index (χ2n) is 3.00. The molecule has 0 saturated carbocycles. The van der Waals surface area contributed by atoms with Crippen molar-refractivity contribution >= 4 is 0 Å². The molecule has 0 saturated heterocycles. The fraction of sp³-hybridized carbons (Fsp3) is 1.00. The van der Waals surface area contributed by atoms with E-state index in [-0.39, 0.29) is 0 Å². The molecule has 0 nitrogen and oxygen atoms in total. The third-order valence-electron chi connectivity index (χ3n) is 1.50. The highest BCUT2D eigenvalue weighted by atomic mass is 13.6. The zero-order chi connectivity index (χ0) is 10.2. The molecule has 0 amide bonds. The van der Waals surface area contributed by atoms with Gasteiger partial charge in [0.05, 0.1) is 0 Å². The van der Waals surface area contributed by atoms with Crippen LogP contribution in [0.15, 0.2) is 0 Å². The zero-order valence-corrected chi connectivity index (χ0v) is 10.2. The molecule has 0 aromatic rings. The Labute approximate surface area is 80.8 Å².